The van der Waals surface area contributed by atoms with Crippen LogP contribution in [0.25, 0.3) is 0 Å². The van der Waals surface area contributed by atoms with Crippen molar-refractivity contribution in [3.05, 3.63) is 69.2 Å². The van der Waals surface area contributed by atoms with E-state index in [-0.39, 0.29) is 0 Å². The molecule has 0 bridgehead atoms. The number of hydrogen-bond donors (Lipinski definition) is 1. The Kier molecular flexibility index (Phi) is 3.74. The van der Waals surface area contributed by atoms with Gasteiger partial charge in [0.1, 0.15) is 6.10 Å². The third-order valence-electron chi connectivity index (χ3n) is 3.20. The molecule has 0 saturated carbocycles. The molecule has 0 aliphatic heterocycles. The van der Waals surface area contributed by atoms with Crippen LogP contribution in [0.4, 0.5) is 0 Å². The molecule has 94 valence electrons. The Morgan fingerprint density at radius 2 is 1.44 bits per heavy atom. The van der Waals surface area contributed by atoms with E-state index in [1.54, 1.807) is 12.1 Å². The van der Waals surface area contributed by atoms with Crippen molar-refractivity contribution in [1.29, 1.82) is 0 Å². The van der Waals surface area contributed by atoms with Crippen LogP contribution in [0.15, 0.2) is 36.4 Å². The summed E-state index contributed by atoms with van der Waals surface area (Å²) in [6, 6.07) is 11.5. The summed E-state index contributed by atoms with van der Waals surface area (Å²) in [7, 11) is 0. The van der Waals surface area contributed by atoms with E-state index >= 15 is 0 Å². The minimum absolute atomic E-state index is 0.595. The lowest BCUT2D eigenvalue weighted by Crippen LogP contribution is -2.05. The number of aliphatic hydroxyl groups is 1. The number of aliphatic hydroxyl groups excluding tert-OH is 1. The van der Waals surface area contributed by atoms with Gasteiger partial charge in [0.05, 0.1) is 0 Å². The molecule has 0 aliphatic carbocycles. The third-order valence-corrected chi connectivity index (χ3v) is 3.45. The van der Waals surface area contributed by atoms with Crippen molar-refractivity contribution in [1.82, 2.24) is 0 Å². The Morgan fingerprint density at radius 1 is 0.944 bits per heavy atom. The molecule has 0 fully saturated rings. The first-order chi connectivity index (χ1) is 8.49. The quantitative estimate of drug-likeness (QED) is 0.851. The zero-order valence-corrected chi connectivity index (χ0v) is 11.6. The predicted molar refractivity (Wildman–Crippen MR) is 76.2 cm³/mol. The molecule has 0 heterocycles. The SMILES string of the molecule is Cc1cc(C)c(C(O)c2ccc(Cl)cc2)c(C)c1. The standard InChI is InChI=1S/C16H17ClO/c1-10-8-11(2)15(12(3)9-10)16(18)13-4-6-14(17)7-5-13/h4-9,16,18H,1-3H3. The fourth-order valence-electron chi connectivity index (χ4n) is 2.43. The molecule has 2 heteroatoms. The second-order valence-corrected chi connectivity index (χ2v) is 5.20. The van der Waals surface area contributed by atoms with Crippen molar-refractivity contribution in [2.75, 3.05) is 0 Å². The molecule has 2 rings (SSSR count). The Morgan fingerprint density at radius 3 is 1.94 bits per heavy atom. The Bertz CT molecular complexity index is 535. The topological polar surface area (TPSA) is 20.2 Å². The van der Waals surface area contributed by atoms with Gasteiger partial charge in [-0.15, -0.1) is 0 Å². The molecule has 1 N–H and O–H groups in total. The highest BCUT2D eigenvalue weighted by molar-refractivity contribution is 6.30. The molecule has 1 nitrogen and oxygen atoms in total. The summed E-state index contributed by atoms with van der Waals surface area (Å²) < 4.78 is 0. The molecule has 1 atom stereocenters. The zero-order chi connectivity index (χ0) is 13.3. The summed E-state index contributed by atoms with van der Waals surface area (Å²) in [6.07, 6.45) is -0.595. The van der Waals surface area contributed by atoms with Crippen molar-refractivity contribution >= 4 is 11.6 Å². The maximum absolute atomic E-state index is 10.5. The molecule has 0 aromatic heterocycles. The van der Waals surface area contributed by atoms with Gasteiger partial charge in [-0.3, -0.25) is 0 Å². The van der Waals surface area contributed by atoms with E-state index in [0.717, 1.165) is 22.3 Å². The molecular weight excluding hydrogens is 244 g/mol. The second-order valence-electron chi connectivity index (χ2n) is 4.77. The number of hydrogen-bond acceptors (Lipinski definition) is 1. The van der Waals surface area contributed by atoms with Gasteiger partial charge in [0.15, 0.2) is 0 Å². The third kappa shape index (κ3) is 2.58. The minimum Gasteiger partial charge on any atom is -0.384 e. The molecule has 0 aliphatic rings. The Balaban J connectivity index is 2.46. The molecule has 0 radical (unpaired) electrons. The Hall–Kier alpha value is -1.31. The highest BCUT2D eigenvalue weighted by Gasteiger charge is 2.15. The first-order valence-electron chi connectivity index (χ1n) is 6.00. The molecule has 18 heavy (non-hydrogen) atoms. The molecule has 2 aromatic carbocycles. The predicted octanol–water partition coefficient (Wildman–Crippen LogP) is 4.35. The van der Waals surface area contributed by atoms with Crippen LogP contribution in [-0.4, -0.2) is 5.11 Å². The first kappa shape index (κ1) is 13.1. The summed E-state index contributed by atoms with van der Waals surface area (Å²) in [4.78, 5) is 0. The monoisotopic (exact) mass is 260 g/mol. The van der Waals surface area contributed by atoms with Crippen molar-refractivity contribution in [2.45, 2.75) is 26.9 Å². The van der Waals surface area contributed by atoms with E-state index in [0.29, 0.717) is 5.02 Å². The van der Waals surface area contributed by atoms with Gasteiger partial charge in [-0.2, -0.15) is 0 Å². The van der Waals surface area contributed by atoms with E-state index < -0.39 is 6.10 Å². The maximum Gasteiger partial charge on any atom is 0.105 e. The number of aryl methyl sites for hydroxylation is 3. The number of benzene rings is 2. The summed E-state index contributed by atoms with van der Waals surface area (Å²) >= 11 is 5.86. The smallest absolute Gasteiger partial charge is 0.105 e. The average molecular weight is 261 g/mol. The van der Waals surface area contributed by atoms with Gasteiger partial charge < -0.3 is 5.11 Å². The summed E-state index contributed by atoms with van der Waals surface area (Å²) in [5.41, 5.74) is 5.32. The zero-order valence-electron chi connectivity index (χ0n) is 10.9. The van der Waals surface area contributed by atoms with Crippen LogP contribution in [0.2, 0.25) is 5.02 Å². The van der Waals surface area contributed by atoms with Crippen LogP contribution in [0.1, 0.15) is 33.9 Å². The van der Waals surface area contributed by atoms with Crippen LogP contribution < -0.4 is 0 Å². The van der Waals surface area contributed by atoms with Crippen molar-refractivity contribution in [3.63, 3.8) is 0 Å². The highest BCUT2D eigenvalue weighted by atomic mass is 35.5. The molecule has 2 aromatic rings. The normalized spacial score (nSPS) is 12.5. The number of halogens is 1. The molecule has 1 unspecified atom stereocenters. The van der Waals surface area contributed by atoms with E-state index in [4.69, 9.17) is 11.6 Å². The highest BCUT2D eigenvalue weighted by Crippen LogP contribution is 2.29. The molecule has 0 spiro atoms. The largest absolute Gasteiger partial charge is 0.384 e. The fraction of sp³-hybridized carbons (Fsp3) is 0.250. The van der Waals surface area contributed by atoms with Crippen LogP contribution in [0.5, 0.6) is 0 Å². The summed E-state index contributed by atoms with van der Waals surface area (Å²) in [5, 5.41) is 11.2. The van der Waals surface area contributed by atoms with Gasteiger partial charge in [-0.05, 0) is 55.2 Å². The average Bonchev–Trinajstić information content (AvgIpc) is 2.28. The molecule has 0 amide bonds. The second kappa shape index (κ2) is 5.13. The van der Waals surface area contributed by atoms with Crippen LogP contribution in [0, 0.1) is 20.8 Å². The molecular formula is C16H17ClO. The van der Waals surface area contributed by atoms with Crippen molar-refractivity contribution in [3.8, 4) is 0 Å². The van der Waals surface area contributed by atoms with Gasteiger partial charge in [-0.1, -0.05) is 41.4 Å². The van der Waals surface area contributed by atoms with Crippen molar-refractivity contribution < 1.29 is 5.11 Å². The summed E-state index contributed by atoms with van der Waals surface area (Å²) in [5.74, 6) is 0. The first-order valence-corrected chi connectivity index (χ1v) is 6.38. The lowest BCUT2D eigenvalue weighted by molar-refractivity contribution is 0.219. The van der Waals surface area contributed by atoms with Gasteiger partial charge in [0.2, 0.25) is 0 Å². The van der Waals surface area contributed by atoms with Crippen LogP contribution in [0.3, 0.4) is 0 Å². The lowest BCUT2D eigenvalue weighted by Gasteiger charge is -2.18. The summed E-state index contributed by atoms with van der Waals surface area (Å²) in [6.45, 7) is 6.14. The molecule has 0 saturated heterocycles. The van der Waals surface area contributed by atoms with E-state index in [1.165, 1.54) is 5.56 Å². The van der Waals surface area contributed by atoms with Gasteiger partial charge >= 0.3 is 0 Å². The van der Waals surface area contributed by atoms with Gasteiger partial charge in [0, 0.05) is 5.02 Å². The van der Waals surface area contributed by atoms with Crippen LogP contribution in [-0.2, 0) is 0 Å². The minimum atomic E-state index is -0.595. The lowest BCUT2D eigenvalue weighted by atomic mass is 9.92. The van der Waals surface area contributed by atoms with E-state index in [1.807, 2.05) is 26.0 Å². The van der Waals surface area contributed by atoms with E-state index in [2.05, 4.69) is 19.1 Å². The van der Waals surface area contributed by atoms with Crippen LogP contribution >= 0.6 is 11.6 Å². The number of rotatable bonds is 2. The maximum atomic E-state index is 10.5. The fourth-order valence-corrected chi connectivity index (χ4v) is 2.56. The van der Waals surface area contributed by atoms with Gasteiger partial charge in [-0.25, -0.2) is 0 Å². The van der Waals surface area contributed by atoms with Gasteiger partial charge in [0.25, 0.3) is 0 Å². The van der Waals surface area contributed by atoms with E-state index in [9.17, 15) is 5.11 Å². The Labute approximate surface area is 113 Å². The van der Waals surface area contributed by atoms with Crippen molar-refractivity contribution in [2.24, 2.45) is 0 Å².